The van der Waals surface area contributed by atoms with Gasteiger partial charge in [-0.05, 0) is 31.5 Å². The number of carbonyl (C=O) groups is 1. The van der Waals surface area contributed by atoms with Crippen LogP contribution in [-0.4, -0.2) is 38.3 Å². The van der Waals surface area contributed by atoms with Gasteiger partial charge in [0.1, 0.15) is 5.82 Å². The topological polar surface area (TPSA) is 123 Å². The second-order valence-electron chi connectivity index (χ2n) is 5.46. The minimum Gasteiger partial charge on any atom is -0.368 e. The molecule has 0 aliphatic carbocycles. The highest BCUT2D eigenvalue weighted by atomic mass is 16.1. The Hall–Kier alpha value is -2.74. The van der Waals surface area contributed by atoms with E-state index in [1.54, 1.807) is 0 Å². The van der Waals surface area contributed by atoms with Gasteiger partial charge < -0.3 is 16.8 Å². The molecular weight excluding hydrogens is 294 g/mol. The fourth-order valence-electron chi connectivity index (χ4n) is 2.73. The van der Waals surface area contributed by atoms with Crippen LogP contribution in [0, 0.1) is 0 Å². The van der Waals surface area contributed by atoms with Crippen LogP contribution in [0.25, 0.3) is 0 Å². The maximum Gasteiger partial charge on any atom is 0.234 e. The van der Waals surface area contributed by atoms with Gasteiger partial charge in [0.05, 0.1) is 12.6 Å². The molecule has 0 saturated carbocycles. The molecule has 2 aromatic rings. The van der Waals surface area contributed by atoms with Crippen molar-refractivity contribution in [3.8, 4) is 0 Å². The van der Waals surface area contributed by atoms with Crippen molar-refractivity contribution in [2.24, 2.45) is 5.73 Å². The molecule has 1 atom stereocenters. The van der Waals surface area contributed by atoms with Crippen molar-refractivity contribution in [2.45, 2.75) is 25.4 Å². The molecular formula is C15H19N7O. The van der Waals surface area contributed by atoms with E-state index in [-0.39, 0.29) is 17.9 Å². The first-order valence-electron chi connectivity index (χ1n) is 7.47. The zero-order valence-corrected chi connectivity index (χ0v) is 12.6. The number of rotatable bonds is 5. The third-order valence-electron chi connectivity index (χ3n) is 3.77. The van der Waals surface area contributed by atoms with Crippen LogP contribution in [0.2, 0.25) is 0 Å². The monoisotopic (exact) mass is 313 g/mol. The zero-order chi connectivity index (χ0) is 16.2. The van der Waals surface area contributed by atoms with E-state index in [9.17, 15) is 4.79 Å². The highest BCUT2D eigenvalue weighted by Crippen LogP contribution is 2.19. The Labute approximate surface area is 133 Å². The summed E-state index contributed by atoms with van der Waals surface area (Å²) in [6.45, 7) is 1.21. The molecule has 3 rings (SSSR count). The first-order valence-corrected chi connectivity index (χ1v) is 7.47. The Morgan fingerprint density at radius 2 is 2.04 bits per heavy atom. The number of hydrogen-bond donors (Lipinski definition) is 3. The highest BCUT2D eigenvalue weighted by Gasteiger charge is 2.29. The summed E-state index contributed by atoms with van der Waals surface area (Å²) in [6.07, 6.45) is 1.70. The van der Waals surface area contributed by atoms with Gasteiger partial charge in [0.2, 0.25) is 17.8 Å². The number of primary amides is 1. The van der Waals surface area contributed by atoms with Crippen LogP contribution >= 0.6 is 0 Å². The first kappa shape index (κ1) is 15.2. The van der Waals surface area contributed by atoms with Crippen LogP contribution in [0.3, 0.4) is 0 Å². The van der Waals surface area contributed by atoms with E-state index in [4.69, 9.17) is 11.5 Å². The molecule has 2 heterocycles. The summed E-state index contributed by atoms with van der Waals surface area (Å²) < 4.78 is 0. The molecule has 8 nitrogen and oxygen atoms in total. The summed E-state index contributed by atoms with van der Waals surface area (Å²) in [5, 5.41) is 3.09. The Balaban J connectivity index is 1.76. The molecule has 1 saturated heterocycles. The molecule has 1 aliphatic heterocycles. The van der Waals surface area contributed by atoms with Crippen molar-refractivity contribution in [3.63, 3.8) is 0 Å². The normalized spacial score (nSPS) is 18.0. The summed E-state index contributed by atoms with van der Waals surface area (Å²) in [6, 6.07) is 9.30. The number of nitrogens with one attached hydrogen (secondary N) is 1. The minimum absolute atomic E-state index is 0.142. The Bertz CT molecular complexity index is 691. The fourth-order valence-corrected chi connectivity index (χ4v) is 2.73. The number of nitrogen functional groups attached to an aromatic ring is 1. The molecule has 0 spiro atoms. The van der Waals surface area contributed by atoms with Crippen LogP contribution < -0.4 is 16.8 Å². The molecule has 23 heavy (non-hydrogen) atoms. The lowest BCUT2D eigenvalue weighted by molar-refractivity contribution is -0.122. The summed E-state index contributed by atoms with van der Waals surface area (Å²) in [5.41, 5.74) is 12.1. The largest absolute Gasteiger partial charge is 0.368 e. The summed E-state index contributed by atoms with van der Waals surface area (Å²) in [5.74, 6) is 0.730. The lowest BCUT2D eigenvalue weighted by Gasteiger charge is -2.20. The molecule has 1 fully saturated rings. The van der Waals surface area contributed by atoms with E-state index in [0.717, 1.165) is 25.1 Å². The van der Waals surface area contributed by atoms with E-state index in [0.29, 0.717) is 18.3 Å². The highest BCUT2D eigenvalue weighted by molar-refractivity contribution is 5.80. The number of hydrogen-bond acceptors (Lipinski definition) is 7. The van der Waals surface area contributed by atoms with Gasteiger partial charge in [0, 0.05) is 5.69 Å². The number of para-hydroxylation sites is 1. The number of amides is 1. The van der Waals surface area contributed by atoms with E-state index < -0.39 is 0 Å². The van der Waals surface area contributed by atoms with Crippen molar-refractivity contribution < 1.29 is 4.79 Å². The van der Waals surface area contributed by atoms with E-state index in [1.807, 2.05) is 35.2 Å². The molecule has 1 aromatic carbocycles. The summed E-state index contributed by atoms with van der Waals surface area (Å²) in [4.78, 5) is 26.1. The Kier molecular flexibility index (Phi) is 4.33. The van der Waals surface area contributed by atoms with Crippen molar-refractivity contribution >= 4 is 23.5 Å². The van der Waals surface area contributed by atoms with Crippen molar-refractivity contribution in [1.82, 2.24) is 19.9 Å². The molecule has 1 amide bonds. The van der Waals surface area contributed by atoms with Gasteiger partial charge in [0.15, 0.2) is 0 Å². The molecule has 0 radical (unpaired) electrons. The molecule has 1 aromatic heterocycles. The zero-order valence-electron chi connectivity index (χ0n) is 12.6. The Morgan fingerprint density at radius 1 is 1.26 bits per heavy atom. The maximum absolute atomic E-state index is 11.5. The van der Waals surface area contributed by atoms with Crippen LogP contribution in [0.4, 0.5) is 17.6 Å². The third-order valence-corrected chi connectivity index (χ3v) is 3.77. The minimum atomic E-state index is -0.313. The van der Waals surface area contributed by atoms with Gasteiger partial charge in [0.25, 0.3) is 0 Å². The molecule has 1 aliphatic rings. The summed E-state index contributed by atoms with van der Waals surface area (Å²) >= 11 is 0. The molecule has 0 bridgehead atoms. The molecule has 8 heteroatoms. The number of benzene rings is 1. The molecule has 120 valence electrons. The van der Waals surface area contributed by atoms with Crippen LogP contribution in [0.15, 0.2) is 30.3 Å². The smallest absolute Gasteiger partial charge is 0.234 e. The lowest BCUT2D eigenvalue weighted by Crippen LogP contribution is -2.40. The van der Waals surface area contributed by atoms with Crippen LogP contribution in [-0.2, 0) is 11.3 Å². The van der Waals surface area contributed by atoms with Crippen LogP contribution in [0.1, 0.15) is 18.7 Å². The molecule has 0 unspecified atom stereocenters. The maximum atomic E-state index is 11.5. The average molecular weight is 313 g/mol. The third kappa shape index (κ3) is 3.72. The number of likely N-dealkylation sites (tertiary alicyclic amines) is 1. The standard InChI is InChI=1S/C15H19N7O/c16-13(23)11-7-4-8-22(11)9-12-19-14(17)21-15(20-12)18-10-5-2-1-3-6-10/h1-3,5-6,11H,4,7-9H2,(H2,16,23)(H3,17,18,19,20,21)/t11-/m0/s1. The van der Waals surface area contributed by atoms with Crippen LogP contribution in [0.5, 0.6) is 0 Å². The predicted molar refractivity (Wildman–Crippen MR) is 86.6 cm³/mol. The van der Waals surface area contributed by atoms with Gasteiger partial charge in [-0.3, -0.25) is 9.69 Å². The van der Waals surface area contributed by atoms with E-state index >= 15 is 0 Å². The average Bonchev–Trinajstić information content (AvgIpc) is 2.96. The van der Waals surface area contributed by atoms with Gasteiger partial charge in [-0.2, -0.15) is 15.0 Å². The van der Waals surface area contributed by atoms with Gasteiger partial charge in [-0.1, -0.05) is 18.2 Å². The Morgan fingerprint density at radius 3 is 2.78 bits per heavy atom. The van der Waals surface area contributed by atoms with E-state index in [1.165, 1.54) is 0 Å². The van der Waals surface area contributed by atoms with Gasteiger partial charge >= 0.3 is 0 Å². The number of carbonyl (C=O) groups excluding carboxylic acids is 1. The quantitative estimate of drug-likeness (QED) is 0.740. The number of aromatic nitrogens is 3. The SMILES string of the molecule is NC(=O)[C@@H]1CCCN1Cc1nc(N)nc(Nc2ccccc2)n1. The predicted octanol–water partition coefficient (Wildman–Crippen LogP) is 0.647. The number of nitrogens with zero attached hydrogens (tertiary/aromatic N) is 4. The second kappa shape index (κ2) is 6.57. The van der Waals surface area contributed by atoms with Crippen molar-refractivity contribution in [2.75, 3.05) is 17.6 Å². The molecule has 5 N–H and O–H groups in total. The van der Waals surface area contributed by atoms with Gasteiger partial charge in [-0.25, -0.2) is 0 Å². The number of anilines is 3. The number of nitrogens with two attached hydrogens (primary N) is 2. The van der Waals surface area contributed by atoms with Crippen molar-refractivity contribution in [1.29, 1.82) is 0 Å². The van der Waals surface area contributed by atoms with Gasteiger partial charge in [-0.15, -0.1) is 0 Å². The fraction of sp³-hybridized carbons (Fsp3) is 0.333. The first-order chi connectivity index (χ1) is 11.1. The van der Waals surface area contributed by atoms with Crippen molar-refractivity contribution in [3.05, 3.63) is 36.2 Å². The van der Waals surface area contributed by atoms with E-state index in [2.05, 4.69) is 20.3 Å². The summed E-state index contributed by atoms with van der Waals surface area (Å²) in [7, 11) is 0. The lowest BCUT2D eigenvalue weighted by atomic mass is 10.2. The second-order valence-corrected chi connectivity index (χ2v) is 5.46.